The highest BCUT2D eigenvalue weighted by Gasteiger charge is 2.25. The number of aromatic nitrogens is 1. The number of nitrogens with zero attached hydrogens (tertiary/aromatic N) is 3. The van der Waals surface area contributed by atoms with Crippen LogP contribution in [0.5, 0.6) is 0 Å². The Morgan fingerprint density at radius 1 is 1.55 bits per heavy atom. The number of hydrogen-bond acceptors (Lipinski definition) is 7. The van der Waals surface area contributed by atoms with Crippen molar-refractivity contribution in [1.82, 2.24) is 9.88 Å². The number of pyridine rings is 1. The van der Waals surface area contributed by atoms with E-state index in [2.05, 4.69) is 11.2 Å². The van der Waals surface area contributed by atoms with Crippen molar-refractivity contribution < 1.29 is 12.6 Å². The van der Waals surface area contributed by atoms with Crippen LogP contribution in [-0.4, -0.2) is 37.5 Å². The average Bonchev–Trinajstić information content (AvgIpc) is 2.45. The Balaban J connectivity index is 2.04. The number of likely N-dealkylation sites (tertiary alicyclic amines) is 1. The molecule has 1 fully saturated rings. The number of nitrogen functional groups attached to an aromatic ring is 1. The second-order valence-corrected chi connectivity index (χ2v) is 6.21. The normalized spacial score (nSPS) is 19.6. The summed E-state index contributed by atoms with van der Waals surface area (Å²) in [7, 11) is -3.87. The first-order valence-electron chi connectivity index (χ1n) is 6.30. The number of anilines is 1. The third-order valence-electron chi connectivity index (χ3n) is 3.21. The molecular formula is C12H16N4O3S. The molecule has 20 heavy (non-hydrogen) atoms. The highest BCUT2D eigenvalue weighted by atomic mass is 32.2. The molecule has 0 amide bonds. The second-order valence-electron chi connectivity index (χ2n) is 4.60. The number of rotatable bonds is 4. The molecule has 108 valence electrons. The molecule has 2 N–H and O–H groups in total. The Kier molecular flexibility index (Phi) is 4.42. The zero-order valence-corrected chi connectivity index (χ0v) is 11.7. The van der Waals surface area contributed by atoms with Crippen molar-refractivity contribution in [2.24, 2.45) is 0 Å². The largest absolute Gasteiger partial charge is 0.384 e. The highest BCUT2D eigenvalue weighted by molar-refractivity contribution is 7.86. The molecule has 0 bridgehead atoms. The predicted molar refractivity (Wildman–Crippen MR) is 71.7 cm³/mol. The first-order valence-corrected chi connectivity index (χ1v) is 7.71. The number of nitrogens with two attached hydrogens (primary N) is 1. The zero-order valence-electron chi connectivity index (χ0n) is 10.9. The van der Waals surface area contributed by atoms with Crippen LogP contribution in [0.4, 0.5) is 5.82 Å². The van der Waals surface area contributed by atoms with Gasteiger partial charge >= 0.3 is 0 Å². The molecule has 2 heterocycles. The molecule has 0 spiro atoms. The lowest BCUT2D eigenvalue weighted by molar-refractivity contribution is 0.153. The van der Waals surface area contributed by atoms with E-state index < -0.39 is 10.1 Å². The monoisotopic (exact) mass is 296 g/mol. The summed E-state index contributed by atoms with van der Waals surface area (Å²) in [5.41, 5.74) is 5.46. The lowest BCUT2D eigenvalue weighted by atomic mass is 10.0. The smallest absolute Gasteiger partial charge is 0.297 e. The molecule has 1 aromatic heterocycles. The van der Waals surface area contributed by atoms with Gasteiger partial charge in [0.05, 0.1) is 17.5 Å². The molecule has 7 nitrogen and oxygen atoms in total. The molecule has 1 aliphatic heterocycles. The summed E-state index contributed by atoms with van der Waals surface area (Å²) >= 11 is 0. The Hall–Kier alpha value is -1.85. The lowest BCUT2D eigenvalue weighted by Gasteiger charge is -2.30. The summed E-state index contributed by atoms with van der Waals surface area (Å²) in [4.78, 5) is 5.28. The third kappa shape index (κ3) is 3.37. The molecule has 8 heteroatoms. The van der Waals surface area contributed by atoms with E-state index in [9.17, 15) is 8.42 Å². The molecule has 2 rings (SSSR count). The minimum atomic E-state index is -3.87. The van der Waals surface area contributed by atoms with Crippen LogP contribution in [0.1, 0.15) is 19.3 Å². The standard InChI is InChI=1S/C12H16N4O3S/c13-9-16-6-2-1-3-10(16)8-19-20(17,18)11-4-5-15-12(14)7-11/h4-5,7,10H,1-3,6,8H2,(H2,14,15). The second kappa shape index (κ2) is 6.07. The molecule has 1 aromatic rings. The molecule has 0 aromatic carbocycles. The number of nitriles is 1. The molecule has 1 saturated heterocycles. The van der Waals surface area contributed by atoms with E-state index in [-0.39, 0.29) is 23.4 Å². The number of piperidine rings is 1. The van der Waals surface area contributed by atoms with Gasteiger partial charge in [0.2, 0.25) is 0 Å². The maximum atomic E-state index is 12.0. The van der Waals surface area contributed by atoms with Crippen LogP contribution in [0.25, 0.3) is 0 Å². The Bertz CT molecular complexity index is 611. The van der Waals surface area contributed by atoms with Crippen molar-refractivity contribution >= 4 is 15.9 Å². The van der Waals surface area contributed by atoms with Crippen LogP contribution in [0, 0.1) is 11.5 Å². The van der Waals surface area contributed by atoms with Gasteiger partial charge in [-0.1, -0.05) is 0 Å². The SMILES string of the molecule is N#CN1CCCCC1COS(=O)(=O)c1ccnc(N)c1. The predicted octanol–water partition coefficient (Wildman–Crippen LogP) is 0.705. The molecule has 0 aliphatic carbocycles. The summed E-state index contributed by atoms with van der Waals surface area (Å²) < 4.78 is 29.1. The molecule has 0 radical (unpaired) electrons. The third-order valence-corrected chi connectivity index (χ3v) is 4.49. The fourth-order valence-corrected chi connectivity index (χ4v) is 3.09. The van der Waals surface area contributed by atoms with E-state index in [4.69, 9.17) is 15.2 Å². The molecule has 1 unspecified atom stereocenters. The Labute approximate surface area is 118 Å². The van der Waals surface area contributed by atoms with Crippen LogP contribution in [0.3, 0.4) is 0 Å². The van der Waals surface area contributed by atoms with Gasteiger partial charge in [0, 0.05) is 18.8 Å². The quantitative estimate of drug-likeness (QED) is 0.643. The van der Waals surface area contributed by atoms with Crippen molar-refractivity contribution in [1.29, 1.82) is 5.26 Å². The summed E-state index contributed by atoms with van der Waals surface area (Å²) in [5.74, 6) is 0.117. The van der Waals surface area contributed by atoms with Gasteiger partial charge in [-0.15, -0.1) is 0 Å². The maximum absolute atomic E-state index is 12.0. The summed E-state index contributed by atoms with van der Waals surface area (Å²) in [6.07, 6.45) is 6.04. The summed E-state index contributed by atoms with van der Waals surface area (Å²) in [6.45, 7) is 0.616. The van der Waals surface area contributed by atoms with Gasteiger partial charge in [0.25, 0.3) is 10.1 Å². The van der Waals surface area contributed by atoms with Crippen LogP contribution in [0.2, 0.25) is 0 Å². The average molecular weight is 296 g/mol. The van der Waals surface area contributed by atoms with Gasteiger partial charge in [-0.05, 0) is 25.3 Å². The van der Waals surface area contributed by atoms with Crippen LogP contribution in [-0.2, 0) is 14.3 Å². The minimum absolute atomic E-state index is 0.0238. The molecule has 1 aliphatic rings. The maximum Gasteiger partial charge on any atom is 0.297 e. The van der Waals surface area contributed by atoms with Crippen molar-refractivity contribution in [3.05, 3.63) is 18.3 Å². The zero-order chi connectivity index (χ0) is 14.6. The van der Waals surface area contributed by atoms with Gasteiger partial charge in [0.1, 0.15) is 5.82 Å². The first kappa shape index (κ1) is 14.6. The van der Waals surface area contributed by atoms with Crippen molar-refractivity contribution in [2.45, 2.75) is 30.2 Å². The topological polar surface area (TPSA) is 109 Å². The van der Waals surface area contributed by atoms with Crippen LogP contribution < -0.4 is 5.73 Å². The molecule has 1 atom stereocenters. The first-order chi connectivity index (χ1) is 9.53. The summed E-state index contributed by atoms with van der Waals surface area (Å²) in [5, 5.41) is 8.99. The molecule has 0 saturated carbocycles. The van der Waals surface area contributed by atoms with E-state index >= 15 is 0 Å². The summed E-state index contributed by atoms with van der Waals surface area (Å²) in [6, 6.07) is 2.38. The van der Waals surface area contributed by atoms with Gasteiger partial charge in [0.15, 0.2) is 6.19 Å². The van der Waals surface area contributed by atoms with Gasteiger partial charge in [-0.25, -0.2) is 4.98 Å². The van der Waals surface area contributed by atoms with Gasteiger partial charge < -0.3 is 10.6 Å². The van der Waals surface area contributed by atoms with Crippen LogP contribution >= 0.6 is 0 Å². The van der Waals surface area contributed by atoms with Gasteiger partial charge in [-0.2, -0.15) is 13.7 Å². The van der Waals surface area contributed by atoms with Crippen LogP contribution in [0.15, 0.2) is 23.2 Å². The molecular weight excluding hydrogens is 280 g/mol. The van der Waals surface area contributed by atoms with E-state index in [1.54, 1.807) is 4.90 Å². The van der Waals surface area contributed by atoms with E-state index in [1.807, 2.05) is 0 Å². The fraction of sp³-hybridized carbons (Fsp3) is 0.500. The van der Waals surface area contributed by atoms with Gasteiger partial charge in [-0.3, -0.25) is 4.18 Å². The van der Waals surface area contributed by atoms with E-state index in [0.717, 1.165) is 19.3 Å². The van der Waals surface area contributed by atoms with E-state index in [1.165, 1.54) is 18.3 Å². The van der Waals surface area contributed by atoms with Crippen molar-refractivity contribution in [3.8, 4) is 6.19 Å². The highest BCUT2D eigenvalue weighted by Crippen LogP contribution is 2.19. The minimum Gasteiger partial charge on any atom is -0.384 e. The Morgan fingerprint density at radius 2 is 2.35 bits per heavy atom. The fourth-order valence-electron chi connectivity index (χ4n) is 2.13. The lowest BCUT2D eigenvalue weighted by Crippen LogP contribution is -2.39. The van der Waals surface area contributed by atoms with Crippen molar-refractivity contribution in [3.63, 3.8) is 0 Å². The van der Waals surface area contributed by atoms with Crippen molar-refractivity contribution in [2.75, 3.05) is 18.9 Å². The number of hydrogen-bond donors (Lipinski definition) is 1. The Morgan fingerprint density at radius 3 is 3.05 bits per heavy atom. The van der Waals surface area contributed by atoms with E-state index in [0.29, 0.717) is 6.54 Å².